The number of ether oxygens (including phenoxy) is 2. The summed E-state index contributed by atoms with van der Waals surface area (Å²) in [6.07, 6.45) is 3.63. The summed E-state index contributed by atoms with van der Waals surface area (Å²) < 4.78 is 52.9. The van der Waals surface area contributed by atoms with Crippen molar-refractivity contribution in [2.75, 3.05) is 43.6 Å². The molecule has 0 aliphatic carbocycles. The largest absolute Gasteiger partial charge is 0.493 e. The van der Waals surface area contributed by atoms with Crippen LogP contribution in [0.4, 0.5) is 21.6 Å². The van der Waals surface area contributed by atoms with Crippen LogP contribution in [0.1, 0.15) is 18.4 Å². The third-order valence-electron chi connectivity index (χ3n) is 7.51. The van der Waals surface area contributed by atoms with E-state index in [2.05, 4.69) is 27.2 Å². The van der Waals surface area contributed by atoms with Crippen molar-refractivity contribution in [1.29, 1.82) is 0 Å². The van der Waals surface area contributed by atoms with E-state index in [0.29, 0.717) is 51.3 Å². The molecule has 5 rings (SSSR count). The maximum atomic E-state index is 14.5. The van der Waals surface area contributed by atoms with E-state index in [1.807, 2.05) is 18.2 Å². The van der Waals surface area contributed by atoms with Crippen LogP contribution in [0.2, 0.25) is 0 Å². The lowest BCUT2D eigenvalue weighted by Gasteiger charge is -2.28. The minimum Gasteiger partial charge on any atom is -0.493 e. The normalized spacial score (nSPS) is 14.0. The van der Waals surface area contributed by atoms with Crippen LogP contribution in [-0.4, -0.2) is 63.6 Å². The van der Waals surface area contributed by atoms with Crippen molar-refractivity contribution >= 4 is 33.7 Å². The molecule has 13 heteroatoms. The average Bonchev–Trinajstić information content (AvgIpc) is 3.03. The van der Waals surface area contributed by atoms with Gasteiger partial charge < -0.3 is 24.5 Å². The number of nitrogens with one attached hydrogen (secondary N) is 1. The van der Waals surface area contributed by atoms with Gasteiger partial charge in [-0.3, -0.25) is 4.79 Å². The summed E-state index contributed by atoms with van der Waals surface area (Å²) in [5.41, 5.74) is 2.53. The number of anilines is 3. The number of benzene rings is 3. The van der Waals surface area contributed by atoms with Crippen molar-refractivity contribution in [3.8, 4) is 22.8 Å². The van der Waals surface area contributed by atoms with Gasteiger partial charge in [-0.2, -0.15) is 8.42 Å². The van der Waals surface area contributed by atoms with Crippen LogP contribution >= 0.6 is 0 Å². The summed E-state index contributed by atoms with van der Waals surface area (Å²) in [6, 6.07) is 17.0. The first-order valence-corrected chi connectivity index (χ1v) is 15.7. The van der Waals surface area contributed by atoms with E-state index in [9.17, 15) is 17.6 Å². The van der Waals surface area contributed by atoms with Gasteiger partial charge in [-0.25, -0.2) is 14.4 Å². The molecule has 0 saturated carbocycles. The lowest BCUT2D eigenvalue weighted by Crippen LogP contribution is -2.32. The van der Waals surface area contributed by atoms with E-state index in [1.54, 1.807) is 32.2 Å². The van der Waals surface area contributed by atoms with Gasteiger partial charge in [0.15, 0.2) is 11.5 Å². The maximum absolute atomic E-state index is 14.5. The second-order valence-electron chi connectivity index (χ2n) is 10.8. The van der Waals surface area contributed by atoms with Crippen LogP contribution in [0, 0.1) is 18.7 Å². The molecule has 2 heterocycles. The van der Waals surface area contributed by atoms with E-state index in [0.717, 1.165) is 43.6 Å². The number of aryl methyl sites for hydroxylation is 1. The zero-order valence-electron chi connectivity index (χ0n) is 25.1. The van der Waals surface area contributed by atoms with Crippen molar-refractivity contribution in [1.82, 2.24) is 14.9 Å². The first-order valence-electron chi connectivity index (χ1n) is 14.3. The fraction of sp³-hybridized carbons (Fsp3) is 0.281. The predicted octanol–water partition coefficient (Wildman–Crippen LogP) is 5.35. The van der Waals surface area contributed by atoms with Crippen LogP contribution in [0.5, 0.6) is 11.5 Å². The van der Waals surface area contributed by atoms with Gasteiger partial charge in [-0.1, -0.05) is 10.5 Å². The topological polar surface area (TPSA) is 123 Å². The Morgan fingerprint density at radius 1 is 1.02 bits per heavy atom. The smallest absolute Gasteiger partial charge is 0.322 e. The number of halogens is 1. The number of methoxy groups -OCH3 is 1. The van der Waals surface area contributed by atoms with Gasteiger partial charge in [0, 0.05) is 17.3 Å². The van der Waals surface area contributed by atoms with Gasteiger partial charge in [0.1, 0.15) is 22.9 Å². The van der Waals surface area contributed by atoms with Crippen LogP contribution in [0.15, 0.2) is 78.0 Å². The minimum atomic E-state index is -4.55. The molecule has 0 unspecified atom stereocenters. The summed E-state index contributed by atoms with van der Waals surface area (Å²) >= 11 is 0. The highest BCUT2D eigenvalue weighted by Crippen LogP contribution is 2.34. The third kappa shape index (κ3) is 7.49. The Balaban J connectivity index is 1.29. The molecule has 0 amide bonds. The van der Waals surface area contributed by atoms with E-state index in [-0.39, 0.29) is 12.2 Å². The van der Waals surface area contributed by atoms with Crippen LogP contribution in [0.25, 0.3) is 11.3 Å². The maximum Gasteiger partial charge on any atom is 0.322 e. The average molecular weight is 636 g/mol. The van der Waals surface area contributed by atoms with Crippen molar-refractivity contribution < 1.29 is 31.9 Å². The number of likely N-dealkylation sites (tertiary alicyclic amines) is 1. The molecule has 1 fully saturated rings. The van der Waals surface area contributed by atoms with Crippen molar-refractivity contribution in [2.24, 2.45) is 5.92 Å². The lowest BCUT2D eigenvalue weighted by atomic mass is 9.98. The molecule has 3 aromatic carbocycles. The highest BCUT2D eigenvalue weighted by Gasteiger charge is 2.30. The van der Waals surface area contributed by atoms with Gasteiger partial charge in [-0.15, -0.1) is 0 Å². The van der Waals surface area contributed by atoms with Crippen molar-refractivity contribution in [3.05, 3.63) is 84.4 Å². The Kier molecular flexibility index (Phi) is 9.79. The SMILES string of the molecule is COc1cc(-c2cc(Nc3ccc(N(OC=O)S(=O)(=O)c4ccc(C)cc4F)cc3)ncn2)ccc1OCC1CCN(C)CC1. The number of sulfonamides is 1. The summed E-state index contributed by atoms with van der Waals surface area (Å²) in [5, 5.41) is 3.15. The standard InChI is InChI=1S/C32H34FN5O6S/c1-22-4-11-31(27(33)16-22)45(40,41)38(44-21-39)26-8-6-25(7-9-26)36-32-18-28(34-20-35-32)24-5-10-29(30(17-24)42-3)43-19-23-12-14-37(2)15-13-23/h4-11,16-18,20-21,23H,12-15,19H2,1-3H3,(H,34,35,36). The van der Waals surface area contributed by atoms with Crippen molar-refractivity contribution in [3.63, 3.8) is 0 Å². The third-order valence-corrected chi connectivity index (χ3v) is 9.13. The first kappa shape index (κ1) is 31.7. The van der Waals surface area contributed by atoms with Crippen molar-refractivity contribution in [2.45, 2.75) is 24.7 Å². The Bertz CT molecular complexity index is 1750. The van der Waals surface area contributed by atoms with E-state index in [1.165, 1.54) is 24.5 Å². The molecular formula is C32H34FN5O6S. The molecule has 0 spiro atoms. The number of piperidine rings is 1. The van der Waals surface area contributed by atoms with E-state index < -0.39 is 20.7 Å². The second-order valence-corrected chi connectivity index (χ2v) is 12.5. The molecule has 45 heavy (non-hydrogen) atoms. The highest BCUT2D eigenvalue weighted by molar-refractivity contribution is 7.92. The lowest BCUT2D eigenvalue weighted by molar-refractivity contribution is -0.128. The molecule has 11 nitrogen and oxygen atoms in total. The Hall–Kier alpha value is -4.75. The Labute approximate surface area is 261 Å². The molecular weight excluding hydrogens is 601 g/mol. The van der Waals surface area contributed by atoms with Crippen LogP contribution in [-0.2, 0) is 19.7 Å². The van der Waals surface area contributed by atoms with Gasteiger partial charge in [0.05, 0.1) is 25.1 Å². The first-order chi connectivity index (χ1) is 21.7. The van der Waals surface area contributed by atoms with Gasteiger partial charge in [-0.05, 0) is 106 Å². The fourth-order valence-corrected chi connectivity index (χ4v) is 6.25. The summed E-state index contributed by atoms with van der Waals surface area (Å²) in [5.74, 6) is 1.31. The number of carbonyl (C=O) groups is 1. The van der Waals surface area contributed by atoms with Gasteiger partial charge in [0.2, 0.25) is 0 Å². The summed E-state index contributed by atoms with van der Waals surface area (Å²) in [4.78, 5) is 26.3. The van der Waals surface area contributed by atoms with E-state index >= 15 is 0 Å². The Morgan fingerprint density at radius 3 is 2.47 bits per heavy atom. The molecule has 1 aromatic heterocycles. The molecule has 0 atom stereocenters. The minimum absolute atomic E-state index is 0.0128. The fourth-order valence-electron chi connectivity index (χ4n) is 4.98. The number of hydrogen-bond donors (Lipinski definition) is 1. The van der Waals surface area contributed by atoms with Gasteiger partial charge >= 0.3 is 6.47 Å². The number of nitrogens with zero attached hydrogens (tertiary/aromatic N) is 4. The number of aromatic nitrogens is 2. The predicted molar refractivity (Wildman–Crippen MR) is 167 cm³/mol. The zero-order valence-corrected chi connectivity index (χ0v) is 26.0. The quantitative estimate of drug-likeness (QED) is 0.161. The van der Waals surface area contributed by atoms with Gasteiger partial charge in [0.25, 0.3) is 10.0 Å². The number of carbonyl (C=O) groups excluding carboxylic acids is 1. The number of hydrogen-bond acceptors (Lipinski definition) is 10. The molecule has 1 aliphatic heterocycles. The highest BCUT2D eigenvalue weighted by atomic mass is 32.2. The Morgan fingerprint density at radius 2 is 1.78 bits per heavy atom. The second kappa shape index (κ2) is 13.9. The molecule has 236 valence electrons. The zero-order chi connectivity index (χ0) is 32.0. The van der Waals surface area contributed by atoms with E-state index in [4.69, 9.17) is 14.3 Å². The number of rotatable bonds is 12. The molecule has 1 saturated heterocycles. The molecule has 4 aromatic rings. The molecule has 0 bridgehead atoms. The molecule has 1 N–H and O–H groups in total. The summed E-state index contributed by atoms with van der Waals surface area (Å²) in [6.45, 7) is 4.37. The molecule has 0 radical (unpaired) electrons. The summed E-state index contributed by atoms with van der Waals surface area (Å²) in [7, 11) is -0.816. The van der Waals surface area contributed by atoms with Crippen LogP contribution in [0.3, 0.4) is 0 Å². The molecule has 1 aliphatic rings. The monoisotopic (exact) mass is 635 g/mol. The van der Waals surface area contributed by atoms with Crippen LogP contribution < -0.4 is 19.3 Å².